The third kappa shape index (κ3) is 2.64. The van der Waals surface area contributed by atoms with Crippen LogP contribution in [0.1, 0.15) is 12.8 Å². The Balaban J connectivity index is 1.86. The molecule has 3 rings (SSSR count). The van der Waals surface area contributed by atoms with Crippen LogP contribution in [0.5, 0.6) is 0 Å². The maximum atomic E-state index is 12.3. The molecule has 9 heteroatoms. The Hall–Kier alpha value is -0.280. The van der Waals surface area contributed by atoms with E-state index < -0.39 is 10.0 Å². The van der Waals surface area contributed by atoms with Gasteiger partial charge in [-0.05, 0) is 18.6 Å². The number of nitrogens with one attached hydrogen (secondary N) is 1. The molecule has 0 bridgehead atoms. The van der Waals surface area contributed by atoms with Crippen molar-refractivity contribution in [3.05, 3.63) is 16.7 Å². The molecule has 0 amide bonds. The summed E-state index contributed by atoms with van der Waals surface area (Å²) in [6.45, 7) is 0.445. The summed E-state index contributed by atoms with van der Waals surface area (Å²) in [4.78, 5) is 4.63. The van der Waals surface area contributed by atoms with Crippen molar-refractivity contribution < 1.29 is 8.42 Å². The second kappa shape index (κ2) is 5.25. The summed E-state index contributed by atoms with van der Waals surface area (Å²) in [5.41, 5.74) is 0. The zero-order valence-electron chi connectivity index (χ0n) is 9.87. The van der Waals surface area contributed by atoms with Crippen molar-refractivity contribution in [2.24, 2.45) is 0 Å². The van der Waals surface area contributed by atoms with Gasteiger partial charge in [0.15, 0.2) is 15.1 Å². The number of halogens is 1. The zero-order chi connectivity index (χ0) is 13.5. The third-order valence-corrected chi connectivity index (χ3v) is 6.93. The molecule has 0 spiro atoms. The molecule has 0 aromatic carbocycles. The Morgan fingerprint density at radius 2 is 2.42 bits per heavy atom. The minimum absolute atomic E-state index is 0.0263. The van der Waals surface area contributed by atoms with Gasteiger partial charge >= 0.3 is 0 Å². The Bertz CT molecular complexity index is 688. The van der Waals surface area contributed by atoms with Crippen LogP contribution in [0.15, 0.2) is 16.6 Å². The van der Waals surface area contributed by atoms with E-state index in [2.05, 4.69) is 9.71 Å². The van der Waals surface area contributed by atoms with E-state index in [1.165, 1.54) is 15.7 Å². The largest absolute Gasteiger partial charge is 0.279 e. The summed E-state index contributed by atoms with van der Waals surface area (Å²) >= 11 is 9.10. The molecule has 2 aromatic rings. The predicted octanol–water partition coefficient (Wildman–Crippen LogP) is 2.22. The van der Waals surface area contributed by atoms with E-state index in [4.69, 9.17) is 11.6 Å². The van der Waals surface area contributed by atoms with Gasteiger partial charge in [-0.1, -0.05) is 11.6 Å². The molecule has 0 radical (unpaired) electrons. The molecule has 1 N–H and O–H groups in total. The quantitative estimate of drug-likeness (QED) is 0.929. The fraction of sp³-hybridized carbons (Fsp3) is 0.500. The molecule has 19 heavy (non-hydrogen) atoms. The van der Waals surface area contributed by atoms with Gasteiger partial charge in [0.25, 0.3) is 10.0 Å². The summed E-state index contributed by atoms with van der Waals surface area (Å²) < 4.78 is 28.8. The fourth-order valence-electron chi connectivity index (χ4n) is 2.06. The lowest BCUT2D eigenvalue weighted by Crippen LogP contribution is -2.30. The van der Waals surface area contributed by atoms with Gasteiger partial charge in [-0.3, -0.25) is 4.40 Å². The maximum Gasteiger partial charge on any atom is 0.259 e. The van der Waals surface area contributed by atoms with Crippen molar-refractivity contribution in [1.29, 1.82) is 0 Å². The molecular formula is C10H12ClN3O2S3. The number of rotatable bonds is 4. The average Bonchev–Trinajstić information content (AvgIpc) is 3.01. The highest BCUT2D eigenvalue weighted by Crippen LogP contribution is 2.27. The van der Waals surface area contributed by atoms with Crippen LogP contribution in [0.4, 0.5) is 0 Å². The Morgan fingerprint density at radius 1 is 1.58 bits per heavy atom. The molecule has 5 nitrogen and oxygen atoms in total. The standard InChI is InChI=1S/C10H12ClN3O2S3/c11-8-9(14-3-5-18-10(14)13-8)19(15,16)12-6-7-2-1-4-17-7/h3,5,7,12H,1-2,4,6H2. The number of hydrogen-bond donors (Lipinski definition) is 1. The van der Waals surface area contributed by atoms with E-state index in [9.17, 15) is 8.42 Å². The van der Waals surface area contributed by atoms with E-state index in [0.717, 1.165) is 18.6 Å². The second-order valence-corrected chi connectivity index (χ2v) is 8.57. The van der Waals surface area contributed by atoms with Crippen LogP contribution in [-0.2, 0) is 10.0 Å². The van der Waals surface area contributed by atoms with Crippen molar-refractivity contribution in [3.63, 3.8) is 0 Å². The van der Waals surface area contributed by atoms with Crippen LogP contribution in [0.2, 0.25) is 5.15 Å². The first-order valence-electron chi connectivity index (χ1n) is 5.80. The summed E-state index contributed by atoms with van der Waals surface area (Å²) in [7, 11) is -3.62. The van der Waals surface area contributed by atoms with Crippen molar-refractivity contribution in [1.82, 2.24) is 14.1 Å². The van der Waals surface area contributed by atoms with E-state index >= 15 is 0 Å². The smallest absolute Gasteiger partial charge is 0.259 e. The van der Waals surface area contributed by atoms with Crippen molar-refractivity contribution in [2.75, 3.05) is 12.3 Å². The molecule has 1 unspecified atom stereocenters. The molecule has 0 aliphatic carbocycles. The third-order valence-electron chi connectivity index (χ3n) is 2.96. The molecule has 1 aliphatic rings. The Kier molecular flexibility index (Phi) is 3.78. The predicted molar refractivity (Wildman–Crippen MR) is 78.7 cm³/mol. The molecule has 1 saturated heterocycles. The molecule has 0 saturated carbocycles. The van der Waals surface area contributed by atoms with E-state index in [1.54, 1.807) is 11.6 Å². The zero-order valence-corrected chi connectivity index (χ0v) is 13.1. The molecule has 2 aromatic heterocycles. The van der Waals surface area contributed by atoms with Crippen molar-refractivity contribution >= 4 is 49.7 Å². The van der Waals surface area contributed by atoms with Crippen LogP contribution < -0.4 is 4.72 Å². The first kappa shape index (κ1) is 13.7. The van der Waals surface area contributed by atoms with E-state index in [-0.39, 0.29) is 10.2 Å². The van der Waals surface area contributed by atoms with Crippen LogP contribution in [0, 0.1) is 0 Å². The second-order valence-electron chi connectivity index (χ2n) is 4.25. The lowest BCUT2D eigenvalue weighted by molar-refractivity contribution is 0.574. The van der Waals surface area contributed by atoms with Gasteiger partial charge < -0.3 is 0 Å². The number of thiazole rings is 1. The molecule has 1 atom stereocenters. The normalized spacial score (nSPS) is 20.4. The molecule has 104 valence electrons. The fourth-order valence-corrected chi connectivity index (χ4v) is 5.89. The Morgan fingerprint density at radius 3 is 3.16 bits per heavy atom. The number of fused-ring (bicyclic) bond motifs is 1. The average molecular weight is 338 g/mol. The summed E-state index contributed by atoms with van der Waals surface area (Å²) in [5, 5.41) is 2.20. The number of aromatic nitrogens is 2. The van der Waals surface area contributed by atoms with Gasteiger partial charge in [-0.25, -0.2) is 18.1 Å². The van der Waals surface area contributed by atoms with Gasteiger partial charge in [0.1, 0.15) is 0 Å². The van der Waals surface area contributed by atoms with Gasteiger partial charge in [-0.2, -0.15) is 11.8 Å². The SMILES string of the molecule is O=S(=O)(NCC1CCCS1)c1c(Cl)nc2sccn12. The van der Waals surface area contributed by atoms with Crippen molar-refractivity contribution in [3.8, 4) is 0 Å². The summed E-state index contributed by atoms with van der Waals surface area (Å²) in [6.07, 6.45) is 3.87. The lowest BCUT2D eigenvalue weighted by Gasteiger charge is -2.10. The minimum Gasteiger partial charge on any atom is -0.279 e. The number of hydrogen-bond acceptors (Lipinski definition) is 5. The molecule has 1 aliphatic heterocycles. The maximum absolute atomic E-state index is 12.3. The number of imidazole rings is 1. The first-order valence-corrected chi connectivity index (χ1v) is 9.59. The first-order chi connectivity index (χ1) is 9.08. The number of thioether (sulfide) groups is 1. The van der Waals surface area contributed by atoms with E-state index in [0.29, 0.717) is 16.8 Å². The van der Waals surface area contributed by atoms with E-state index in [1.807, 2.05) is 11.8 Å². The highest BCUT2D eigenvalue weighted by Gasteiger charge is 2.26. The Labute approximate surface area is 124 Å². The van der Waals surface area contributed by atoms with Gasteiger partial charge in [0.2, 0.25) is 0 Å². The number of sulfonamides is 1. The molecule has 3 heterocycles. The van der Waals surface area contributed by atoms with Gasteiger partial charge in [0.05, 0.1) is 0 Å². The minimum atomic E-state index is -3.62. The van der Waals surface area contributed by atoms with Gasteiger partial charge in [0, 0.05) is 23.4 Å². The van der Waals surface area contributed by atoms with Crippen molar-refractivity contribution in [2.45, 2.75) is 23.1 Å². The van der Waals surface area contributed by atoms with Crippen LogP contribution in [0.3, 0.4) is 0 Å². The monoisotopic (exact) mass is 337 g/mol. The van der Waals surface area contributed by atoms with Crippen LogP contribution in [0.25, 0.3) is 4.96 Å². The lowest BCUT2D eigenvalue weighted by atomic mass is 10.2. The topological polar surface area (TPSA) is 63.5 Å². The van der Waals surface area contributed by atoms with Gasteiger partial charge in [-0.15, -0.1) is 11.3 Å². The summed E-state index contributed by atoms with van der Waals surface area (Å²) in [5.74, 6) is 1.11. The molecule has 1 fully saturated rings. The highest BCUT2D eigenvalue weighted by molar-refractivity contribution is 8.00. The highest BCUT2D eigenvalue weighted by atomic mass is 35.5. The molecular weight excluding hydrogens is 326 g/mol. The number of nitrogens with zero attached hydrogens (tertiary/aromatic N) is 2. The van der Waals surface area contributed by atoms with Crippen LogP contribution >= 0.6 is 34.7 Å². The summed E-state index contributed by atoms with van der Waals surface area (Å²) in [6, 6.07) is 0. The van der Waals surface area contributed by atoms with Crippen LogP contribution in [-0.4, -0.2) is 35.4 Å².